The Hall–Kier alpha value is -9.45. The van der Waals surface area contributed by atoms with Gasteiger partial charge in [0.2, 0.25) is 0 Å². The van der Waals surface area contributed by atoms with Crippen molar-refractivity contribution in [1.29, 1.82) is 0 Å². The molecule has 11 aromatic carbocycles. The quantitative estimate of drug-likeness (QED) is 0.155. The molecule has 0 aliphatic carbocycles. The molecule has 0 atom stereocenters. The first kappa shape index (κ1) is 39.3. The normalized spacial score (nSPS) is 13.1. The van der Waals surface area contributed by atoms with Gasteiger partial charge in [0, 0.05) is 83.9 Å². The molecule has 17 rings (SSSR count). The van der Waals surface area contributed by atoms with Crippen molar-refractivity contribution in [2.75, 3.05) is 14.5 Å². The van der Waals surface area contributed by atoms with Crippen LogP contribution in [0.25, 0.3) is 77.2 Å². The number of para-hydroxylation sites is 9. The number of nitrogens with zero attached hydrogens (tertiary/aromatic N) is 5. The molecule has 336 valence electrons. The fourth-order valence-electron chi connectivity index (χ4n) is 13.7. The SMILES string of the molecule is c1ccc(N(c2ccccc2)c2cc3c4c(c2)-n2c5ccccc5c5cccc(c52)B4N2B4c5c(cc(N(c6ccccc6)c6ccccc6)cc5-n5c6ccccc6c6cccc4c65)-c4cccc-3c42)cc1. The molecule has 2 aromatic heterocycles. The lowest BCUT2D eigenvalue weighted by molar-refractivity contribution is 1.17. The number of anilines is 7. The number of hydrogen-bond donors (Lipinski definition) is 0. The molecule has 0 unspecified atom stereocenters. The molecule has 0 amide bonds. The molecule has 5 nitrogen and oxygen atoms in total. The average Bonchev–Trinajstić information content (AvgIpc) is 4.01. The monoisotopic (exact) mass is 925 g/mol. The molecule has 4 aliphatic rings. The second-order valence-electron chi connectivity index (χ2n) is 20.0. The first-order valence-electron chi connectivity index (χ1n) is 25.4. The van der Waals surface area contributed by atoms with Crippen LogP contribution < -0.4 is 36.4 Å². The molecule has 0 saturated heterocycles. The summed E-state index contributed by atoms with van der Waals surface area (Å²) in [5.41, 5.74) is 25.8. The fourth-order valence-corrected chi connectivity index (χ4v) is 13.7. The molecule has 0 N–H and O–H groups in total. The third kappa shape index (κ3) is 5.17. The van der Waals surface area contributed by atoms with Crippen LogP contribution in [-0.2, 0) is 0 Å². The van der Waals surface area contributed by atoms with Crippen molar-refractivity contribution >= 4 is 119 Å². The highest BCUT2D eigenvalue weighted by Crippen LogP contribution is 2.52. The molecule has 0 radical (unpaired) electrons. The number of hydrogen-bond acceptors (Lipinski definition) is 3. The van der Waals surface area contributed by atoms with E-state index < -0.39 is 0 Å². The van der Waals surface area contributed by atoms with Gasteiger partial charge >= 0.3 is 13.7 Å². The topological polar surface area (TPSA) is 19.6 Å². The van der Waals surface area contributed by atoms with E-state index in [1.54, 1.807) is 0 Å². The van der Waals surface area contributed by atoms with Crippen molar-refractivity contribution in [3.05, 3.63) is 249 Å². The largest absolute Gasteiger partial charge is 0.444 e. The van der Waals surface area contributed by atoms with Crippen LogP contribution in [0.15, 0.2) is 249 Å². The van der Waals surface area contributed by atoms with Gasteiger partial charge in [0.25, 0.3) is 0 Å². The summed E-state index contributed by atoms with van der Waals surface area (Å²) in [5.74, 6) is 0. The number of fused-ring (bicyclic) bond motifs is 14. The number of rotatable bonds is 6. The van der Waals surface area contributed by atoms with Gasteiger partial charge in [0.05, 0.1) is 22.1 Å². The van der Waals surface area contributed by atoms with Crippen molar-refractivity contribution in [3.63, 3.8) is 0 Å². The van der Waals surface area contributed by atoms with Crippen molar-refractivity contribution < 1.29 is 0 Å². The van der Waals surface area contributed by atoms with Crippen molar-refractivity contribution in [3.8, 4) is 33.6 Å². The number of benzene rings is 11. The maximum Gasteiger partial charge on any atom is 0.316 e. The van der Waals surface area contributed by atoms with Gasteiger partial charge in [-0.15, -0.1) is 0 Å². The zero-order valence-corrected chi connectivity index (χ0v) is 39.6. The summed E-state index contributed by atoms with van der Waals surface area (Å²) < 4.78 is 8.06. The molecule has 6 heterocycles. The van der Waals surface area contributed by atoms with Gasteiger partial charge in [0.15, 0.2) is 0 Å². The van der Waals surface area contributed by atoms with Gasteiger partial charge in [-0.2, -0.15) is 0 Å². The Morgan fingerprint density at radius 3 is 1.05 bits per heavy atom. The summed E-state index contributed by atoms with van der Waals surface area (Å²) in [6.45, 7) is -0.228. The molecular formula is C66H41B2N5. The van der Waals surface area contributed by atoms with Crippen LogP contribution in [0.2, 0.25) is 0 Å². The lowest BCUT2D eigenvalue weighted by Gasteiger charge is -2.50. The van der Waals surface area contributed by atoms with E-state index in [-0.39, 0.29) is 13.7 Å². The smallest absolute Gasteiger partial charge is 0.316 e. The predicted octanol–water partition coefficient (Wildman–Crippen LogP) is 13.8. The van der Waals surface area contributed by atoms with Gasteiger partial charge in [-0.1, -0.05) is 164 Å². The molecule has 0 fully saturated rings. The van der Waals surface area contributed by atoms with Crippen molar-refractivity contribution in [2.45, 2.75) is 0 Å². The Morgan fingerprint density at radius 2 is 0.644 bits per heavy atom. The molecule has 73 heavy (non-hydrogen) atoms. The Morgan fingerprint density at radius 1 is 0.288 bits per heavy atom. The van der Waals surface area contributed by atoms with E-state index in [2.05, 4.69) is 272 Å². The standard InChI is InChI=1S/C66H41B2N5/c1-5-20-42(21-6-1)69(43-22-7-2-8-23-43)46-38-54-52-30-17-31-53-55-39-47(70(44-24-9-3-10-25-44)45-26-11-4-12-27-45)41-61-63(55)68(57-35-19-33-51-49-29-14-16-37-59(49)72(61)66(51)57)73(64(52)53)67-56-34-18-32-50-48-28-13-15-36-58(48)71(65(50)56)60(40-46)62(54)67/h1-41H. The summed E-state index contributed by atoms with van der Waals surface area (Å²) in [5, 5.41) is 5.10. The second-order valence-corrected chi connectivity index (χ2v) is 20.0. The summed E-state index contributed by atoms with van der Waals surface area (Å²) in [6.07, 6.45) is 0. The van der Waals surface area contributed by atoms with Crippen LogP contribution in [-0.4, -0.2) is 22.8 Å². The van der Waals surface area contributed by atoms with Crippen LogP contribution in [0.1, 0.15) is 0 Å². The second kappa shape index (κ2) is 14.6. The van der Waals surface area contributed by atoms with E-state index in [1.807, 2.05) is 0 Å². The van der Waals surface area contributed by atoms with E-state index >= 15 is 0 Å². The van der Waals surface area contributed by atoms with Crippen LogP contribution in [0, 0.1) is 0 Å². The summed E-state index contributed by atoms with van der Waals surface area (Å²) >= 11 is 0. The highest BCUT2D eigenvalue weighted by molar-refractivity contribution is 7.09. The van der Waals surface area contributed by atoms with E-state index in [9.17, 15) is 0 Å². The van der Waals surface area contributed by atoms with Gasteiger partial charge < -0.3 is 23.7 Å². The first-order chi connectivity index (χ1) is 36.3. The zero-order chi connectivity index (χ0) is 47.5. The third-order valence-corrected chi connectivity index (χ3v) is 16.4. The molecular weight excluding hydrogens is 884 g/mol. The average molecular weight is 926 g/mol. The summed E-state index contributed by atoms with van der Waals surface area (Å²) in [6, 6.07) is 92.7. The molecule has 7 heteroatoms. The lowest BCUT2D eigenvalue weighted by atomic mass is 9.32. The predicted molar refractivity (Wildman–Crippen MR) is 308 cm³/mol. The lowest BCUT2D eigenvalue weighted by Crippen LogP contribution is -2.74. The van der Waals surface area contributed by atoms with E-state index in [0.29, 0.717) is 0 Å². The molecule has 13 aromatic rings. The Kier molecular flexibility index (Phi) is 7.84. The highest BCUT2D eigenvalue weighted by atomic mass is 15.2. The Bertz CT molecular complexity index is 4110. The maximum atomic E-state index is 2.87. The minimum Gasteiger partial charge on any atom is -0.444 e. The highest BCUT2D eigenvalue weighted by Gasteiger charge is 2.53. The van der Waals surface area contributed by atoms with E-state index in [4.69, 9.17) is 0 Å². The zero-order valence-electron chi connectivity index (χ0n) is 39.6. The third-order valence-electron chi connectivity index (χ3n) is 16.4. The maximum absolute atomic E-state index is 2.87. The Balaban J connectivity index is 1.03. The summed E-state index contributed by atoms with van der Waals surface area (Å²) in [7, 11) is 0. The van der Waals surface area contributed by atoms with Crippen LogP contribution >= 0.6 is 0 Å². The van der Waals surface area contributed by atoms with Crippen LogP contribution in [0.3, 0.4) is 0 Å². The van der Waals surface area contributed by atoms with Crippen molar-refractivity contribution in [2.24, 2.45) is 0 Å². The molecule has 0 spiro atoms. The van der Waals surface area contributed by atoms with Crippen molar-refractivity contribution in [1.82, 2.24) is 9.13 Å². The van der Waals surface area contributed by atoms with E-state index in [0.717, 1.165) is 34.1 Å². The number of aromatic nitrogens is 2. The van der Waals surface area contributed by atoms with Gasteiger partial charge in [-0.25, -0.2) is 0 Å². The van der Waals surface area contributed by atoms with Gasteiger partial charge in [-0.3, -0.25) is 0 Å². The van der Waals surface area contributed by atoms with Gasteiger partial charge in [-0.05, 0) is 118 Å². The molecule has 0 bridgehead atoms. The summed E-state index contributed by atoms with van der Waals surface area (Å²) in [4.78, 5) is 4.88. The van der Waals surface area contributed by atoms with E-state index in [1.165, 1.54) is 105 Å². The molecule has 4 aliphatic heterocycles. The van der Waals surface area contributed by atoms with Crippen LogP contribution in [0.5, 0.6) is 0 Å². The van der Waals surface area contributed by atoms with Gasteiger partial charge in [0.1, 0.15) is 0 Å². The molecule has 0 saturated carbocycles. The minimum absolute atomic E-state index is 0.114. The minimum atomic E-state index is -0.114. The fraction of sp³-hybridized carbons (Fsp3) is 0. The Labute approximate surface area is 422 Å². The first-order valence-corrected chi connectivity index (χ1v) is 25.4. The van der Waals surface area contributed by atoms with Crippen LogP contribution in [0.4, 0.5) is 39.8 Å².